The van der Waals surface area contributed by atoms with E-state index in [2.05, 4.69) is 25.9 Å². The Morgan fingerprint density at radius 2 is 2.05 bits per heavy atom. The fraction of sp³-hybridized carbons (Fsp3) is 0.500. The van der Waals surface area contributed by atoms with Crippen molar-refractivity contribution in [2.45, 2.75) is 50.2 Å². The molecule has 0 radical (unpaired) electrons. The lowest BCUT2D eigenvalue weighted by Crippen LogP contribution is -2.60. The SMILES string of the molecule is CN1C(=O)C[C@@H](C(=O)N[C@@H](Cc2cnc[nH]2)C(=O)C2(COC(=O)[C@@H]3CCCN3)C=CC=CC2)NC1=O.Cl.O. The summed E-state index contributed by atoms with van der Waals surface area (Å²) in [5, 5.41) is 8.28. The molecule has 1 aromatic rings. The quantitative estimate of drug-likeness (QED) is 0.290. The van der Waals surface area contributed by atoms with Gasteiger partial charge in [0.2, 0.25) is 11.8 Å². The second-order valence-corrected chi connectivity index (χ2v) is 9.27. The van der Waals surface area contributed by atoms with Gasteiger partial charge in [0, 0.05) is 25.4 Å². The summed E-state index contributed by atoms with van der Waals surface area (Å²) in [4.78, 5) is 71.5. The third-order valence-electron chi connectivity index (χ3n) is 6.74. The van der Waals surface area contributed by atoms with Crippen LogP contribution in [0.2, 0.25) is 0 Å². The molecule has 1 unspecified atom stereocenters. The molecule has 0 spiro atoms. The predicted molar refractivity (Wildman–Crippen MR) is 137 cm³/mol. The van der Waals surface area contributed by atoms with E-state index in [1.807, 2.05) is 6.08 Å². The number of rotatable bonds is 9. The van der Waals surface area contributed by atoms with Gasteiger partial charge in [-0.05, 0) is 25.8 Å². The summed E-state index contributed by atoms with van der Waals surface area (Å²) >= 11 is 0. The number of hydrogen-bond acceptors (Lipinski definition) is 8. The van der Waals surface area contributed by atoms with E-state index < -0.39 is 47.4 Å². The first-order valence-corrected chi connectivity index (χ1v) is 11.9. The Morgan fingerprint density at radius 3 is 2.66 bits per heavy atom. The topological polar surface area (TPSA) is 194 Å². The molecule has 2 fully saturated rings. The molecule has 0 bridgehead atoms. The van der Waals surface area contributed by atoms with Gasteiger partial charge < -0.3 is 31.1 Å². The minimum absolute atomic E-state index is 0. The molecule has 1 aliphatic carbocycles. The molecular weight excluding hydrogens is 520 g/mol. The molecule has 208 valence electrons. The van der Waals surface area contributed by atoms with E-state index in [0.717, 1.165) is 17.9 Å². The lowest BCUT2D eigenvalue weighted by molar-refractivity contribution is -0.151. The van der Waals surface area contributed by atoms with Crippen LogP contribution in [0.4, 0.5) is 4.79 Å². The fourth-order valence-corrected chi connectivity index (χ4v) is 4.54. The number of nitrogens with one attached hydrogen (secondary N) is 4. The molecule has 4 amide bonds. The van der Waals surface area contributed by atoms with Crippen molar-refractivity contribution in [3.05, 3.63) is 42.5 Å². The highest BCUT2D eigenvalue weighted by Gasteiger charge is 2.43. The number of Topliss-reactive ketones (excluding diaryl/α,β-unsaturated/α-hetero) is 1. The van der Waals surface area contributed by atoms with Gasteiger partial charge in [-0.2, -0.15) is 0 Å². The van der Waals surface area contributed by atoms with Crippen LogP contribution in [0.1, 0.15) is 31.4 Å². The highest BCUT2D eigenvalue weighted by atomic mass is 35.5. The zero-order chi connectivity index (χ0) is 25.7. The van der Waals surface area contributed by atoms with E-state index in [0.29, 0.717) is 12.1 Å². The van der Waals surface area contributed by atoms with Gasteiger partial charge in [-0.25, -0.2) is 9.78 Å². The number of urea groups is 1. The normalized spacial score (nSPS) is 25.0. The van der Waals surface area contributed by atoms with E-state index in [1.165, 1.54) is 13.4 Å². The van der Waals surface area contributed by atoms with Crippen molar-refractivity contribution >= 4 is 42.0 Å². The zero-order valence-corrected chi connectivity index (χ0v) is 21.7. The molecule has 2 aliphatic heterocycles. The molecule has 3 aliphatic rings. The smallest absolute Gasteiger partial charge is 0.324 e. The maximum absolute atomic E-state index is 14.0. The van der Waals surface area contributed by atoms with Crippen LogP contribution in [0, 0.1) is 5.41 Å². The summed E-state index contributed by atoms with van der Waals surface area (Å²) < 4.78 is 5.59. The number of H-pyrrole nitrogens is 1. The van der Waals surface area contributed by atoms with Gasteiger partial charge in [0.15, 0.2) is 5.78 Å². The number of esters is 1. The minimum atomic E-state index is -1.19. The zero-order valence-electron chi connectivity index (χ0n) is 20.9. The summed E-state index contributed by atoms with van der Waals surface area (Å²) in [5.74, 6) is -1.92. The Balaban J connectivity index is 0.00000253. The van der Waals surface area contributed by atoms with Crippen molar-refractivity contribution in [2.24, 2.45) is 5.41 Å². The van der Waals surface area contributed by atoms with Gasteiger partial charge in [-0.1, -0.05) is 24.3 Å². The van der Waals surface area contributed by atoms with E-state index >= 15 is 0 Å². The highest BCUT2D eigenvalue weighted by molar-refractivity contribution is 6.03. The highest BCUT2D eigenvalue weighted by Crippen LogP contribution is 2.32. The molecule has 0 aromatic carbocycles. The number of ether oxygens (including phenoxy) is 1. The lowest BCUT2D eigenvalue weighted by Gasteiger charge is -2.34. The second kappa shape index (κ2) is 13.3. The number of imide groups is 1. The Morgan fingerprint density at radius 1 is 1.26 bits per heavy atom. The summed E-state index contributed by atoms with van der Waals surface area (Å²) in [5.41, 5.74) is -0.581. The number of nitrogens with zero attached hydrogens (tertiary/aromatic N) is 2. The number of hydrogen-bond donors (Lipinski definition) is 4. The maximum atomic E-state index is 14.0. The van der Waals surface area contributed by atoms with Crippen molar-refractivity contribution in [1.29, 1.82) is 0 Å². The summed E-state index contributed by atoms with van der Waals surface area (Å²) in [6.07, 6.45) is 11.7. The first-order chi connectivity index (χ1) is 17.3. The van der Waals surface area contributed by atoms with Crippen LogP contribution in [0.15, 0.2) is 36.8 Å². The summed E-state index contributed by atoms with van der Waals surface area (Å²) in [7, 11) is 1.32. The van der Waals surface area contributed by atoms with Crippen molar-refractivity contribution < 1.29 is 34.2 Å². The average molecular weight is 553 g/mol. The molecule has 4 atom stereocenters. The molecule has 2 saturated heterocycles. The number of aromatic amines is 1. The number of aromatic nitrogens is 2. The Hall–Kier alpha value is -3.55. The fourth-order valence-electron chi connectivity index (χ4n) is 4.54. The van der Waals surface area contributed by atoms with E-state index in [4.69, 9.17) is 4.74 Å². The number of amides is 4. The van der Waals surface area contributed by atoms with Crippen LogP contribution < -0.4 is 16.0 Å². The summed E-state index contributed by atoms with van der Waals surface area (Å²) in [6.45, 7) is 0.559. The monoisotopic (exact) mass is 552 g/mol. The Kier molecular flexibility index (Phi) is 10.7. The number of allylic oxidation sites excluding steroid dienone is 3. The van der Waals surface area contributed by atoms with Crippen LogP contribution in [0.5, 0.6) is 0 Å². The number of carbonyl (C=O) groups is 5. The number of imidazole rings is 1. The van der Waals surface area contributed by atoms with Gasteiger partial charge >= 0.3 is 12.0 Å². The predicted octanol–water partition coefficient (Wildman–Crippen LogP) is -0.659. The van der Waals surface area contributed by atoms with Gasteiger partial charge in [-0.3, -0.25) is 24.1 Å². The first kappa shape index (κ1) is 30.7. The molecule has 13 nitrogen and oxygen atoms in total. The van der Waals surface area contributed by atoms with Crippen LogP contribution in [0.25, 0.3) is 0 Å². The van der Waals surface area contributed by atoms with Crippen LogP contribution >= 0.6 is 12.4 Å². The van der Waals surface area contributed by atoms with Gasteiger partial charge in [0.05, 0.1) is 24.2 Å². The average Bonchev–Trinajstić information content (AvgIpc) is 3.60. The number of ketones is 1. The number of carbonyl (C=O) groups excluding carboxylic acids is 5. The maximum Gasteiger partial charge on any atom is 0.324 e. The Bertz CT molecular complexity index is 1070. The molecule has 6 N–H and O–H groups in total. The van der Waals surface area contributed by atoms with E-state index in [-0.39, 0.29) is 49.5 Å². The molecule has 14 heteroatoms. The number of halogens is 1. The lowest BCUT2D eigenvalue weighted by atomic mass is 9.75. The van der Waals surface area contributed by atoms with Gasteiger partial charge in [0.1, 0.15) is 18.7 Å². The molecule has 38 heavy (non-hydrogen) atoms. The third-order valence-corrected chi connectivity index (χ3v) is 6.74. The standard InChI is InChI=1S/C24H30N6O6.ClH.H2O/c1-30-19(31)11-18(29-23(30)35)21(33)28-17(10-15-12-25-14-27-15)20(32)24(7-3-2-4-8-24)13-36-22(34)16-6-5-9-26-16;;/h2-4,7,12,14,16-18,26H,5-6,8-11,13H2,1H3,(H,25,27)(H,28,33)(H,29,35);1H;1H2/t16-,17-,18-,24?;;/m0../s1. The van der Waals surface area contributed by atoms with Crippen LogP contribution in [-0.4, -0.2) is 88.3 Å². The van der Waals surface area contributed by atoms with Crippen molar-refractivity contribution in [3.63, 3.8) is 0 Å². The van der Waals surface area contributed by atoms with E-state index in [9.17, 15) is 24.0 Å². The third kappa shape index (κ3) is 6.85. The summed E-state index contributed by atoms with van der Waals surface area (Å²) in [6, 6.07) is -3.23. The van der Waals surface area contributed by atoms with Crippen molar-refractivity contribution in [3.8, 4) is 0 Å². The second-order valence-electron chi connectivity index (χ2n) is 9.27. The van der Waals surface area contributed by atoms with Gasteiger partial charge in [0.25, 0.3) is 0 Å². The van der Waals surface area contributed by atoms with Crippen LogP contribution in [0.3, 0.4) is 0 Å². The van der Waals surface area contributed by atoms with Crippen LogP contribution in [-0.2, 0) is 30.3 Å². The minimum Gasteiger partial charge on any atom is -0.463 e. The first-order valence-electron chi connectivity index (χ1n) is 11.9. The molecule has 3 heterocycles. The van der Waals surface area contributed by atoms with E-state index in [1.54, 1.807) is 24.4 Å². The Labute approximate surface area is 225 Å². The van der Waals surface area contributed by atoms with Crippen molar-refractivity contribution in [1.82, 2.24) is 30.8 Å². The molecule has 1 aromatic heterocycles. The molecular formula is C24H33ClN6O7. The van der Waals surface area contributed by atoms with Crippen molar-refractivity contribution in [2.75, 3.05) is 20.2 Å². The largest absolute Gasteiger partial charge is 0.463 e. The molecule has 4 rings (SSSR count). The van der Waals surface area contributed by atoms with Gasteiger partial charge in [-0.15, -0.1) is 12.4 Å². The molecule has 0 saturated carbocycles.